The van der Waals surface area contributed by atoms with Gasteiger partial charge in [-0.1, -0.05) is 13.8 Å². The highest BCUT2D eigenvalue weighted by Crippen LogP contribution is 2.28. The van der Waals surface area contributed by atoms with Crippen molar-refractivity contribution in [3.63, 3.8) is 0 Å². The number of hydrogen-bond donors (Lipinski definition) is 1. The highest BCUT2D eigenvalue weighted by Gasteiger charge is 2.25. The van der Waals surface area contributed by atoms with E-state index in [9.17, 15) is 0 Å². The van der Waals surface area contributed by atoms with Crippen LogP contribution in [0.5, 0.6) is 0 Å². The van der Waals surface area contributed by atoms with Crippen LogP contribution < -0.4 is 5.32 Å². The lowest BCUT2D eigenvalue weighted by molar-refractivity contribution is 0.216. The maximum atomic E-state index is 8.58. The average molecular weight is 194 g/mol. The fourth-order valence-electron chi connectivity index (χ4n) is 2.47. The number of nitriles is 1. The second-order valence-corrected chi connectivity index (χ2v) is 4.93. The summed E-state index contributed by atoms with van der Waals surface area (Å²) in [6.45, 7) is 6.77. The van der Waals surface area contributed by atoms with Crippen LogP contribution >= 0.6 is 0 Å². The van der Waals surface area contributed by atoms with Crippen molar-refractivity contribution < 1.29 is 0 Å². The van der Waals surface area contributed by atoms with Crippen molar-refractivity contribution in [2.45, 2.75) is 58.5 Å². The first-order chi connectivity index (χ1) is 6.63. The van der Waals surface area contributed by atoms with E-state index >= 15 is 0 Å². The van der Waals surface area contributed by atoms with Crippen LogP contribution in [0.2, 0.25) is 0 Å². The minimum Gasteiger partial charge on any atom is -0.310 e. The molecule has 4 unspecified atom stereocenters. The Labute approximate surface area is 87.7 Å². The Bertz CT molecular complexity index is 207. The molecule has 0 aromatic heterocycles. The van der Waals surface area contributed by atoms with Gasteiger partial charge in [0.15, 0.2) is 0 Å². The van der Waals surface area contributed by atoms with Gasteiger partial charge in [0, 0.05) is 12.1 Å². The molecule has 80 valence electrons. The predicted octanol–water partition coefficient (Wildman–Crippen LogP) is 2.70. The molecule has 0 bridgehead atoms. The molecule has 1 aliphatic carbocycles. The first-order valence-electron chi connectivity index (χ1n) is 5.76. The molecule has 0 heterocycles. The smallest absolute Gasteiger partial charge is 0.0638 e. The van der Waals surface area contributed by atoms with Gasteiger partial charge in [-0.3, -0.25) is 0 Å². The normalized spacial score (nSPS) is 34.9. The van der Waals surface area contributed by atoms with Gasteiger partial charge in [0.2, 0.25) is 0 Å². The summed E-state index contributed by atoms with van der Waals surface area (Å²) in [6.07, 6.45) is 4.56. The molecule has 1 rings (SSSR count). The highest BCUT2D eigenvalue weighted by molar-refractivity contribution is 4.85. The lowest BCUT2D eigenvalue weighted by Crippen LogP contribution is -2.43. The maximum Gasteiger partial charge on any atom is 0.0638 e. The third kappa shape index (κ3) is 3.31. The van der Waals surface area contributed by atoms with E-state index in [4.69, 9.17) is 5.26 Å². The fraction of sp³-hybridized carbons (Fsp3) is 0.917. The molecule has 0 radical (unpaired) electrons. The molecule has 1 fully saturated rings. The summed E-state index contributed by atoms with van der Waals surface area (Å²) in [5.41, 5.74) is 0. The van der Waals surface area contributed by atoms with Gasteiger partial charge in [-0.15, -0.1) is 0 Å². The Morgan fingerprint density at radius 2 is 2.14 bits per heavy atom. The monoisotopic (exact) mass is 194 g/mol. The van der Waals surface area contributed by atoms with Crippen LogP contribution in [0.25, 0.3) is 0 Å². The Hall–Kier alpha value is -0.550. The first-order valence-corrected chi connectivity index (χ1v) is 5.76. The van der Waals surface area contributed by atoms with Gasteiger partial charge in [0.1, 0.15) is 0 Å². The molecule has 0 aliphatic heterocycles. The maximum absolute atomic E-state index is 8.58. The van der Waals surface area contributed by atoms with Gasteiger partial charge in [0.25, 0.3) is 0 Å². The second kappa shape index (κ2) is 5.36. The molecule has 0 aromatic rings. The van der Waals surface area contributed by atoms with E-state index in [1.165, 1.54) is 19.3 Å². The molecule has 0 amide bonds. The van der Waals surface area contributed by atoms with Gasteiger partial charge in [-0.25, -0.2) is 0 Å². The van der Waals surface area contributed by atoms with Crippen LogP contribution in [0.4, 0.5) is 0 Å². The van der Waals surface area contributed by atoms with Gasteiger partial charge < -0.3 is 5.32 Å². The lowest BCUT2D eigenvalue weighted by atomic mass is 9.79. The zero-order valence-electron chi connectivity index (χ0n) is 9.59. The quantitative estimate of drug-likeness (QED) is 0.750. The molecule has 0 saturated heterocycles. The summed E-state index contributed by atoms with van der Waals surface area (Å²) in [6, 6.07) is 3.20. The zero-order chi connectivity index (χ0) is 10.6. The van der Waals surface area contributed by atoms with E-state index in [0.29, 0.717) is 18.5 Å². The van der Waals surface area contributed by atoms with Gasteiger partial charge in [-0.05, 0) is 38.0 Å². The minimum absolute atomic E-state index is 0.348. The van der Waals surface area contributed by atoms with Crippen LogP contribution in [0.3, 0.4) is 0 Å². The van der Waals surface area contributed by atoms with E-state index in [1.54, 1.807) is 0 Å². The standard InChI is InChI=1S/C12H22N2/c1-9-4-5-12(10(2)8-9)14-11(3)6-7-13/h9-12,14H,4-6,8H2,1-3H3. The molecule has 1 N–H and O–H groups in total. The number of rotatable bonds is 3. The van der Waals surface area contributed by atoms with Gasteiger partial charge >= 0.3 is 0 Å². The molecule has 4 atom stereocenters. The van der Waals surface area contributed by atoms with Crippen LogP contribution in [-0.2, 0) is 0 Å². The van der Waals surface area contributed by atoms with E-state index in [2.05, 4.69) is 32.2 Å². The fourth-order valence-corrected chi connectivity index (χ4v) is 2.47. The summed E-state index contributed by atoms with van der Waals surface area (Å²) in [4.78, 5) is 0. The van der Waals surface area contributed by atoms with Crippen molar-refractivity contribution in [3.05, 3.63) is 0 Å². The molecule has 1 aliphatic rings. The predicted molar refractivity (Wildman–Crippen MR) is 58.8 cm³/mol. The molecule has 14 heavy (non-hydrogen) atoms. The molecule has 0 spiro atoms. The summed E-state index contributed by atoms with van der Waals surface area (Å²) in [5.74, 6) is 1.65. The minimum atomic E-state index is 0.348. The van der Waals surface area contributed by atoms with Crippen molar-refractivity contribution in [3.8, 4) is 6.07 Å². The van der Waals surface area contributed by atoms with Crippen molar-refractivity contribution in [1.82, 2.24) is 5.32 Å². The Kier molecular flexibility index (Phi) is 4.41. The second-order valence-electron chi connectivity index (χ2n) is 4.93. The number of hydrogen-bond acceptors (Lipinski definition) is 2. The van der Waals surface area contributed by atoms with Crippen molar-refractivity contribution in [2.75, 3.05) is 0 Å². The van der Waals surface area contributed by atoms with Crippen LogP contribution in [0.15, 0.2) is 0 Å². The summed E-state index contributed by atoms with van der Waals surface area (Å²) in [5, 5.41) is 12.2. The molecule has 2 heteroatoms. The molecular weight excluding hydrogens is 172 g/mol. The largest absolute Gasteiger partial charge is 0.310 e. The number of nitrogens with zero attached hydrogens (tertiary/aromatic N) is 1. The Morgan fingerprint density at radius 1 is 1.43 bits per heavy atom. The first kappa shape index (κ1) is 11.5. The van der Waals surface area contributed by atoms with E-state index in [-0.39, 0.29) is 0 Å². The van der Waals surface area contributed by atoms with Crippen LogP contribution in [-0.4, -0.2) is 12.1 Å². The Morgan fingerprint density at radius 3 is 2.71 bits per heavy atom. The molecule has 0 aromatic carbocycles. The summed E-state index contributed by atoms with van der Waals surface area (Å²) in [7, 11) is 0. The summed E-state index contributed by atoms with van der Waals surface area (Å²) >= 11 is 0. The van der Waals surface area contributed by atoms with Gasteiger partial charge in [-0.2, -0.15) is 5.26 Å². The topological polar surface area (TPSA) is 35.8 Å². The molecule has 2 nitrogen and oxygen atoms in total. The third-order valence-electron chi connectivity index (χ3n) is 3.33. The van der Waals surface area contributed by atoms with Crippen molar-refractivity contribution in [1.29, 1.82) is 5.26 Å². The van der Waals surface area contributed by atoms with Gasteiger partial charge in [0.05, 0.1) is 12.5 Å². The SMILES string of the molecule is CC1CCC(NC(C)CC#N)C(C)C1. The van der Waals surface area contributed by atoms with Crippen molar-refractivity contribution >= 4 is 0 Å². The van der Waals surface area contributed by atoms with Crippen molar-refractivity contribution in [2.24, 2.45) is 11.8 Å². The zero-order valence-corrected chi connectivity index (χ0v) is 9.59. The Balaban J connectivity index is 2.34. The van der Waals surface area contributed by atoms with Crippen LogP contribution in [0.1, 0.15) is 46.5 Å². The molecular formula is C12H22N2. The van der Waals surface area contributed by atoms with E-state index in [1.807, 2.05) is 0 Å². The van der Waals surface area contributed by atoms with E-state index in [0.717, 1.165) is 11.8 Å². The highest BCUT2D eigenvalue weighted by atomic mass is 14.9. The lowest BCUT2D eigenvalue weighted by Gasteiger charge is -2.34. The number of nitrogens with one attached hydrogen (secondary N) is 1. The van der Waals surface area contributed by atoms with Crippen LogP contribution in [0, 0.1) is 23.2 Å². The summed E-state index contributed by atoms with van der Waals surface area (Å²) < 4.78 is 0. The average Bonchev–Trinajstić information content (AvgIpc) is 2.10. The third-order valence-corrected chi connectivity index (χ3v) is 3.33. The van der Waals surface area contributed by atoms with E-state index < -0.39 is 0 Å². The molecule has 1 saturated carbocycles.